The maximum Gasteiger partial charge on any atom is 0.264 e. The highest BCUT2D eigenvalue weighted by Gasteiger charge is 2.14. The van der Waals surface area contributed by atoms with Crippen LogP contribution in [0.2, 0.25) is 5.02 Å². The van der Waals surface area contributed by atoms with Crippen LogP contribution in [-0.2, 0) is 17.9 Å². The summed E-state index contributed by atoms with van der Waals surface area (Å²) in [6, 6.07) is 12.1. The summed E-state index contributed by atoms with van der Waals surface area (Å²) in [7, 11) is 0. The van der Waals surface area contributed by atoms with Crippen LogP contribution in [0, 0.1) is 5.82 Å². The van der Waals surface area contributed by atoms with Gasteiger partial charge in [-0.3, -0.25) is 14.2 Å². The maximum atomic E-state index is 13.2. The second kappa shape index (κ2) is 8.92. The molecule has 1 amide bonds. The smallest absolute Gasteiger partial charge is 0.264 e. The number of hydrogen-bond acceptors (Lipinski definition) is 4. The van der Waals surface area contributed by atoms with Gasteiger partial charge in [0.2, 0.25) is 5.91 Å². The molecule has 9 heteroatoms. The lowest BCUT2D eigenvalue weighted by molar-refractivity contribution is -0.121. The van der Waals surface area contributed by atoms with Crippen molar-refractivity contribution >= 4 is 28.5 Å². The van der Waals surface area contributed by atoms with Gasteiger partial charge in [0.15, 0.2) is 5.65 Å². The molecule has 0 unspecified atom stereocenters. The number of nitrogens with one attached hydrogen (secondary N) is 1. The van der Waals surface area contributed by atoms with Crippen LogP contribution in [0.1, 0.15) is 30.9 Å². The van der Waals surface area contributed by atoms with E-state index in [2.05, 4.69) is 29.2 Å². The summed E-state index contributed by atoms with van der Waals surface area (Å²) in [5, 5.41) is 7.30. The lowest BCUT2D eigenvalue weighted by Gasteiger charge is -2.09. The molecule has 4 aromatic rings. The van der Waals surface area contributed by atoms with Gasteiger partial charge in [0.05, 0.1) is 16.9 Å². The number of halogens is 2. The predicted octanol–water partition coefficient (Wildman–Crippen LogP) is 3.81. The van der Waals surface area contributed by atoms with Crippen molar-refractivity contribution in [3.8, 4) is 5.69 Å². The van der Waals surface area contributed by atoms with E-state index in [1.54, 1.807) is 4.68 Å². The standard InChI is InChI=1S/C23H21ClFN5O2/c1-14(2)16-4-6-17(7-5-16)30-22-18(11-28-30)23(32)29(13-27-22)12-21(31)26-10-15-3-8-20(25)19(24)9-15/h3-9,11,13-14H,10,12H2,1-2H3,(H,26,31). The summed E-state index contributed by atoms with van der Waals surface area (Å²) in [6.45, 7) is 4.19. The highest BCUT2D eigenvalue weighted by atomic mass is 35.5. The van der Waals surface area contributed by atoms with Gasteiger partial charge in [-0.25, -0.2) is 14.1 Å². The van der Waals surface area contributed by atoms with Crippen molar-refractivity contribution in [2.24, 2.45) is 0 Å². The van der Waals surface area contributed by atoms with Crippen molar-refractivity contribution in [1.82, 2.24) is 24.6 Å². The fourth-order valence-electron chi connectivity index (χ4n) is 3.31. The van der Waals surface area contributed by atoms with Gasteiger partial charge < -0.3 is 5.32 Å². The first-order valence-corrected chi connectivity index (χ1v) is 10.5. The van der Waals surface area contributed by atoms with E-state index < -0.39 is 5.82 Å². The molecule has 0 fully saturated rings. The van der Waals surface area contributed by atoms with Crippen molar-refractivity contribution in [3.05, 3.63) is 87.3 Å². The summed E-state index contributed by atoms with van der Waals surface area (Å²) in [4.78, 5) is 29.5. The van der Waals surface area contributed by atoms with E-state index in [9.17, 15) is 14.0 Å². The molecule has 0 spiro atoms. The molecule has 7 nitrogen and oxygen atoms in total. The van der Waals surface area contributed by atoms with E-state index in [1.807, 2.05) is 24.3 Å². The summed E-state index contributed by atoms with van der Waals surface area (Å²) in [5.74, 6) is -0.496. The normalized spacial score (nSPS) is 11.3. The van der Waals surface area contributed by atoms with Crippen LogP contribution in [0.25, 0.3) is 16.7 Å². The van der Waals surface area contributed by atoms with Crippen molar-refractivity contribution in [2.75, 3.05) is 0 Å². The maximum absolute atomic E-state index is 13.2. The van der Waals surface area contributed by atoms with Crippen LogP contribution in [0.5, 0.6) is 0 Å². The van der Waals surface area contributed by atoms with Gasteiger partial charge in [0.25, 0.3) is 5.56 Å². The number of fused-ring (bicyclic) bond motifs is 1. The molecular weight excluding hydrogens is 433 g/mol. The Hall–Kier alpha value is -3.52. The molecule has 0 aliphatic carbocycles. The molecule has 0 radical (unpaired) electrons. The fraction of sp³-hybridized carbons (Fsp3) is 0.217. The number of hydrogen-bond donors (Lipinski definition) is 1. The third kappa shape index (κ3) is 4.40. The molecule has 32 heavy (non-hydrogen) atoms. The number of carbonyl (C=O) groups is 1. The first kappa shape index (κ1) is 21.7. The fourth-order valence-corrected chi connectivity index (χ4v) is 3.51. The molecule has 164 valence electrons. The van der Waals surface area contributed by atoms with E-state index in [4.69, 9.17) is 11.6 Å². The van der Waals surface area contributed by atoms with Gasteiger partial charge >= 0.3 is 0 Å². The molecule has 2 aromatic heterocycles. The first-order chi connectivity index (χ1) is 15.3. The van der Waals surface area contributed by atoms with Crippen molar-refractivity contribution in [3.63, 3.8) is 0 Å². The second-order valence-electron chi connectivity index (χ2n) is 7.74. The van der Waals surface area contributed by atoms with Crippen LogP contribution in [0.15, 0.2) is 59.8 Å². The van der Waals surface area contributed by atoms with Gasteiger partial charge in [0, 0.05) is 6.54 Å². The molecule has 0 saturated heterocycles. The quantitative estimate of drug-likeness (QED) is 0.481. The Morgan fingerprint density at radius 2 is 1.94 bits per heavy atom. The zero-order chi connectivity index (χ0) is 22.8. The average molecular weight is 454 g/mol. The zero-order valence-electron chi connectivity index (χ0n) is 17.5. The molecule has 0 atom stereocenters. The molecular formula is C23H21ClFN5O2. The predicted molar refractivity (Wildman–Crippen MR) is 120 cm³/mol. The summed E-state index contributed by atoms with van der Waals surface area (Å²) in [6.07, 6.45) is 2.79. The van der Waals surface area contributed by atoms with Crippen molar-refractivity contribution in [1.29, 1.82) is 0 Å². The van der Waals surface area contributed by atoms with E-state index in [-0.39, 0.29) is 29.6 Å². The SMILES string of the molecule is CC(C)c1ccc(-n2ncc3c(=O)n(CC(=O)NCc4ccc(F)c(Cl)c4)cnc32)cc1. The van der Waals surface area contributed by atoms with Crippen LogP contribution < -0.4 is 10.9 Å². The van der Waals surface area contributed by atoms with Crippen LogP contribution in [0.4, 0.5) is 4.39 Å². The Balaban J connectivity index is 1.50. The van der Waals surface area contributed by atoms with Gasteiger partial charge in [-0.15, -0.1) is 0 Å². The number of rotatable bonds is 6. The highest BCUT2D eigenvalue weighted by Crippen LogP contribution is 2.19. The molecule has 2 aromatic carbocycles. The monoisotopic (exact) mass is 453 g/mol. The summed E-state index contributed by atoms with van der Waals surface area (Å²) in [5.41, 5.74) is 2.71. The van der Waals surface area contributed by atoms with E-state index >= 15 is 0 Å². The van der Waals surface area contributed by atoms with E-state index in [1.165, 1.54) is 40.9 Å². The molecule has 2 heterocycles. The minimum Gasteiger partial charge on any atom is -0.350 e. The van der Waals surface area contributed by atoms with Crippen LogP contribution >= 0.6 is 11.6 Å². The molecule has 4 rings (SSSR count). The number of amides is 1. The Morgan fingerprint density at radius 3 is 2.62 bits per heavy atom. The van der Waals surface area contributed by atoms with E-state index in [0.29, 0.717) is 22.5 Å². The third-order valence-electron chi connectivity index (χ3n) is 5.15. The Kier molecular flexibility index (Phi) is 6.05. The summed E-state index contributed by atoms with van der Waals surface area (Å²) < 4.78 is 16.1. The minimum atomic E-state index is -0.524. The van der Waals surface area contributed by atoms with E-state index in [0.717, 1.165) is 5.69 Å². The van der Waals surface area contributed by atoms with Gasteiger partial charge in [0.1, 0.15) is 24.1 Å². The average Bonchev–Trinajstić information content (AvgIpc) is 3.21. The zero-order valence-corrected chi connectivity index (χ0v) is 18.3. The van der Waals surface area contributed by atoms with Crippen molar-refractivity contribution < 1.29 is 9.18 Å². The van der Waals surface area contributed by atoms with Crippen LogP contribution in [-0.4, -0.2) is 25.2 Å². The molecule has 0 aliphatic rings. The van der Waals surface area contributed by atoms with Crippen molar-refractivity contribution in [2.45, 2.75) is 32.9 Å². The Bertz CT molecular complexity index is 1350. The molecule has 0 saturated carbocycles. The molecule has 1 N–H and O–H groups in total. The number of aromatic nitrogens is 4. The number of nitrogens with zero attached hydrogens (tertiary/aromatic N) is 4. The lowest BCUT2D eigenvalue weighted by Crippen LogP contribution is -2.32. The van der Waals surface area contributed by atoms with Gasteiger partial charge in [-0.2, -0.15) is 5.10 Å². The molecule has 0 aliphatic heterocycles. The third-order valence-corrected chi connectivity index (χ3v) is 5.44. The Morgan fingerprint density at radius 1 is 1.19 bits per heavy atom. The first-order valence-electron chi connectivity index (χ1n) is 10.1. The van der Waals surface area contributed by atoms with Gasteiger partial charge in [-0.1, -0.05) is 43.6 Å². The lowest BCUT2D eigenvalue weighted by atomic mass is 10.0. The minimum absolute atomic E-state index is 0.0153. The Labute approximate surface area is 188 Å². The largest absolute Gasteiger partial charge is 0.350 e. The number of carbonyl (C=O) groups excluding carboxylic acids is 1. The second-order valence-corrected chi connectivity index (χ2v) is 8.15. The summed E-state index contributed by atoms with van der Waals surface area (Å²) >= 11 is 5.75. The molecule has 0 bridgehead atoms. The van der Waals surface area contributed by atoms with Gasteiger partial charge in [-0.05, 0) is 41.3 Å². The number of benzene rings is 2. The van der Waals surface area contributed by atoms with Crippen LogP contribution in [0.3, 0.4) is 0 Å². The highest BCUT2D eigenvalue weighted by molar-refractivity contribution is 6.30. The topological polar surface area (TPSA) is 81.8 Å².